The average molecular weight is 409 g/mol. The highest BCUT2D eigenvalue weighted by atomic mass is 32.1. The number of carboxylic acids is 1. The summed E-state index contributed by atoms with van der Waals surface area (Å²) >= 11 is 1.21. The Hall–Kier alpha value is -3.32. The third-order valence-electron chi connectivity index (χ3n) is 4.97. The van der Waals surface area contributed by atoms with Crippen molar-refractivity contribution in [1.82, 2.24) is 0 Å². The van der Waals surface area contributed by atoms with Crippen LogP contribution < -0.4 is 14.8 Å². The fourth-order valence-electron chi connectivity index (χ4n) is 3.66. The molecule has 0 saturated heterocycles. The van der Waals surface area contributed by atoms with E-state index in [4.69, 9.17) is 9.47 Å². The minimum atomic E-state index is -1.01. The maximum absolute atomic E-state index is 12.5. The van der Waals surface area contributed by atoms with E-state index in [0.29, 0.717) is 22.7 Å². The number of carbonyl (C=O) groups is 2. The molecule has 0 aliphatic carbocycles. The maximum atomic E-state index is 12.5. The van der Waals surface area contributed by atoms with Crippen molar-refractivity contribution in [2.24, 2.45) is 0 Å². The quantitative estimate of drug-likeness (QED) is 0.643. The first-order valence-electron chi connectivity index (χ1n) is 9.00. The molecule has 29 heavy (non-hydrogen) atoms. The number of carbonyl (C=O) groups excluding carboxylic acids is 1. The van der Waals surface area contributed by atoms with Crippen molar-refractivity contribution in [2.75, 3.05) is 19.5 Å². The van der Waals surface area contributed by atoms with Crippen LogP contribution in [0.3, 0.4) is 0 Å². The van der Waals surface area contributed by atoms with Gasteiger partial charge in [-0.05, 0) is 23.3 Å². The molecule has 148 valence electrons. The molecule has 4 rings (SSSR count). The number of fused-ring (bicyclic) bond motifs is 1. The molecule has 2 heterocycles. The molecular weight excluding hydrogens is 390 g/mol. The van der Waals surface area contributed by atoms with Crippen LogP contribution in [0.4, 0.5) is 5.69 Å². The monoisotopic (exact) mass is 409 g/mol. The number of anilines is 1. The Morgan fingerprint density at radius 1 is 1.10 bits per heavy atom. The van der Waals surface area contributed by atoms with Crippen LogP contribution in [0.15, 0.2) is 48.5 Å². The summed E-state index contributed by atoms with van der Waals surface area (Å²) in [5, 5.41) is 12.7. The molecule has 0 saturated carbocycles. The van der Waals surface area contributed by atoms with Crippen LogP contribution in [0.25, 0.3) is 11.1 Å². The molecule has 0 fully saturated rings. The first-order valence-corrected chi connectivity index (χ1v) is 9.82. The molecule has 1 aromatic heterocycles. The van der Waals surface area contributed by atoms with Gasteiger partial charge in [0.1, 0.15) is 4.88 Å². The largest absolute Gasteiger partial charge is 0.493 e. The summed E-state index contributed by atoms with van der Waals surface area (Å²) in [4.78, 5) is 25.6. The van der Waals surface area contributed by atoms with Gasteiger partial charge in [0.05, 0.1) is 19.9 Å². The predicted molar refractivity (Wildman–Crippen MR) is 111 cm³/mol. The summed E-state index contributed by atoms with van der Waals surface area (Å²) < 4.78 is 10.7. The van der Waals surface area contributed by atoms with E-state index in [1.807, 2.05) is 42.5 Å². The summed E-state index contributed by atoms with van der Waals surface area (Å²) in [5.41, 5.74) is 2.76. The second kappa shape index (κ2) is 7.60. The number of ether oxygens (including phenoxy) is 2. The van der Waals surface area contributed by atoms with E-state index < -0.39 is 5.97 Å². The molecule has 0 bridgehead atoms. The van der Waals surface area contributed by atoms with Crippen molar-refractivity contribution >= 4 is 28.9 Å². The Morgan fingerprint density at radius 3 is 2.48 bits per heavy atom. The standard InChI is InChI=1S/C22H19NO5S/c1-27-15-9-8-13(10-16(15)28-2)14-11-17(24)23-19-18(12-6-4-3-5-7-12)21(22(25)26)29-20(14)19/h3-10,14H,11H2,1-2H3,(H,23,24)(H,25,26)/t14-/m1/s1. The third kappa shape index (κ3) is 3.34. The second-order valence-electron chi connectivity index (χ2n) is 6.64. The number of benzene rings is 2. The van der Waals surface area contributed by atoms with Crippen LogP contribution in [-0.4, -0.2) is 31.2 Å². The topological polar surface area (TPSA) is 84.9 Å². The fraction of sp³-hybridized carbons (Fsp3) is 0.182. The van der Waals surface area contributed by atoms with Gasteiger partial charge in [-0.3, -0.25) is 4.79 Å². The van der Waals surface area contributed by atoms with Crippen molar-refractivity contribution in [2.45, 2.75) is 12.3 Å². The zero-order valence-corrected chi connectivity index (χ0v) is 16.7. The van der Waals surface area contributed by atoms with Crippen LogP contribution >= 0.6 is 11.3 Å². The lowest BCUT2D eigenvalue weighted by atomic mass is 9.88. The van der Waals surface area contributed by atoms with Crippen LogP contribution in [0, 0.1) is 0 Å². The number of hydrogen-bond donors (Lipinski definition) is 2. The van der Waals surface area contributed by atoms with E-state index in [9.17, 15) is 14.7 Å². The summed E-state index contributed by atoms with van der Waals surface area (Å²) in [6, 6.07) is 14.8. The Labute approximate surface area is 171 Å². The lowest BCUT2D eigenvalue weighted by Crippen LogP contribution is -2.22. The highest BCUT2D eigenvalue weighted by molar-refractivity contribution is 7.15. The molecule has 1 aliphatic heterocycles. The normalized spacial score (nSPS) is 15.4. The molecule has 0 spiro atoms. The van der Waals surface area contributed by atoms with Gasteiger partial charge in [-0.2, -0.15) is 0 Å². The first kappa shape index (κ1) is 19.0. The highest BCUT2D eigenvalue weighted by Gasteiger charge is 2.34. The number of carboxylic acid groups (broad SMARTS) is 1. The Kier molecular flexibility index (Phi) is 4.98. The number of nitrogens with one attached hydrogen (secondary N) is 1. The molecule has 2 N–H and O–H groups in total. The molecule has 2 aromatic carbocycles. The molecule has 3 aromatic rings. The number of aromatic carboxylic acids is 1. The highest BCUT2D eigenvalue weighted by Crippen LogP contribution is 2.50. The molecule has 0 unspecified atom stereocenters. The van der Waals surface area contributed by atoms with Crippen LogP contribution in [0.5, 0.6) is 11.5 Å². The van der Waals surface area contributed by atoms with E-state index in [0.717, 1.165) is 16.0 Å². The Balaban J connectivity index is 1.90. The average Bonchev–Trinajstić information content (AvgIpc) is 3.12. The lowest BCUT2D eigenvalue weighted by molar-refractivity contribution is -0.116. The predicted octanol–water partition coefficient (Wildman–Crippen LogP) is 4.60. The number of rotatable bonds is 5. The van der Waals surface area contributed by atoms with E-state index >= 15 is 0 Å². The van der Waals surface area contributed by atoms with Gasteiger partial charge in [-0.25, -0.2) is 4.79 Å². The van der Waals surface area contributed by atoms with Gasteiger partial charge in [0.2, 0.25) is 5.91 Å². The first-order chi connectivity index (χ1) is 14.0. The maximum Gasteiger partial charge on any atom is 0.346 e. The Morgan fingerprint density at radius 2 is 1.83 bits per heavy atom. The second-order valence-corrected chi connectivity index (χ2v) is 7.69. The van der Waals surface area contributed by atoms with Crippen molar-refractivity contribution in [3.8, 4) is 22.6 Å². The van der Waals surface area contributed by atoms with Crippen LogP contribution in [-0.2, 0) is 4.79 Å². The van der Waals surface area contributed by atoms with Gasteiger partial charge in [-0.1, -0.05) is 36.4 Å². The summed E-state index contributed by atoms with van der Waals surface area (Å²) in [6.07, 6.45) is 0.232. The van der Waals surface area contributed by atoms with E-state index in [1.54, 1.807) is 20.3 Å². The molecule has 0 radical (unpaired) electrons. The van der Waals surface area contributed by atoms with Crippen molar-refractivity contribution in [1.29, 1.82) is 0 Å². The summed E-state index contributed by atoms with van der Waals surface area (Å²) in [5.74, 6) is -0.262. The van der Waals surface area contributed by atoms with E-state index in [2.05, 4.69) is 5.32 Å². The van der Waals surface area contributed by atoms with Gasteiger partial charge in [-0.15, -0.1) is 11.3 Å². The molecule has 7 heteroatoms. The van der Waals surface area contributed by atoms with Gasteiger partial charge in [0, 0.05) is 22.8 Å². The molecule has 1 amide bonds. The molecule has 6 nitrogen and oxygen atoms in total. The van der Waals surface area contributed by atoms with Gasteiger partial charge >= 0.3 is 5.97 Å². The lowest BCUT2D eigenvalue weighted by Gasteiger charge is -2.24. The van der Waals surface area contributed by atoms with Crippen molar-refractivity contribution < 1.29 is 24.2 Å². The Bertz CT molecular complexity index is 1090. The summed E-state index contributed by atoms with van der Waals surface area (Å²) in [6.45, 7) is 0. The van der Waals surface area contributed by atoms with Gasteiger partial charge in [0.25, 0.3) is 0 Å². The third-order valence-corrected chi connectivity index (χ3v) is 6.26. The minimum absolute atomic E-state index is 0.149. The number of methoxy groups -OCH3 is 2. The van der Waals surface area contributed by atoms with Gasteiger partial charge < -0.3 is 19.9 Å². The number of hydrogen-bond acceptors (Lipinski definition) is 5. The van der Waals surface area contributed by atoms with Crippen LogP contribution in [0.2, 0.25) is 0 Å². The molecular formula is C22H19NO5S. The van der Waals surface area contributed by atoms with Crippen LogP contribution in [0.1, 0.15) is 32.5 Å². The zero-order valence-electron chi connectivity index (χ0n) is 15.9. The summed E-state index contributed by atoms with van der Waals surface area (Å²) in [7, 11) is 3.12. The minimum Gasteiger partial charge on any atom is -0.493 e. The van der Waals surface area contributed by atoms with Crippen molar-refractivity contribution in [3.63, 3.8) is 0 Å². The zero-order chi connectivity index (χ0) is 20.5. The van der Waals surface area contributed by atoms with E-state index in [-0.39, 0.29) is 23.1 Å². The van der Waals surface area contributed by atoms with Crippen molar-refractivity contribution in [3.05, 3.63) is 63.8 Å². The molecule has 1 aliphatic rings. The number of amides is 1. The van der Waals surface area contributed by atoms with Gasteiger partial charge in [0.15, 0.2) is 11.5 Å². The SMILES string of the molecule is COc1ccc([C@H]2CC(=O)Nc3c2sc(C(=O)O)c3-c2ccccc2)cc1OC. The fourth-order valence-corrected chi connectivity index (χ4v) is 4.90. The molecule has 1 atom stereocenters. The van der Waals surface area contributed by atoms with E-state index in [1.165, 1.54) is 11.3 Å². The number of thiophene rings is 1. The smallest absolute Gasteiger partial charge is 0.346 e.